The summed E-state index contributed by atoms with van der Waals surface area (Å²) >= 11 is 1.55. The number of likely N-dealkylation sites (tertiary alicyclic amines) is 1. The van der Waals surface area contributed by atoms with Gasteiger partial charge in [0, 0.05) is 30.6 Å². The average Bonchev–Trinajstić information content (AvgIpc) is 3.19. The molecule has 2 aromatic rings. The van der Waals surface area contributed by atoms with Gasteiger partial charge >= 0.3 is 0 Å². The van der Waals surface area contributed by atoms with Gasteiger partial charge in [-0.25, -0.2) is 4.98 Å². The topological polar surface area (TPSA) is 49.6 Å². The van der Waals surface area contributed by atoms with Gasteiger partial charge in [-0.05, 0) is 51.3 Å². The Balaban J connectivity index is 1.42. The standard InChI is InChI=1S/C20H27N3O2S/c1-3-22-10-8-17(9-11-22)23(16-5-6-16)19(24)12-15-13-26-20(21-15)18-7-4-14(2)25-18/h4,7,13,16-17H,3,5-6,8-12H2,1-2H3. The van der Waals surface area contributed by atoms with Crippen LogP contribution in [0.4, 0.5) is 0 Å². The monoisotopic (exact) mass is 373 g/mol. The molecular weight excluding hydrogens is 346 g/mol. The Morgan fingerprint density at radius 3 is 2.62 bits per heavy atom. The highest BCUT2D eigenvalue weighted by atomic mass is 32.1. The van der Waals surface area contributed by atoms with Crippen molar-refractivity contribution in [2.45, 2.75) is 58.0 Å². The summed E-state index contributed by atoms with van der Waals surface area (Å²) in [6.45, 7) is 7.47. The SMILES string of the molecule is CCN1CCC(N(C(=O)Cc2csc(-c3ccc(C)o3)n2)C2CC2)CC1. The van der Waals surface area contributed by atoms with E-state index in [2.05, 4.69) is 21.7 Å². The van der Waals surface area contributed by atoms with Crippen molar-refractivity contribution in [2.75, 3.05) is 19.6 Å². The van der Waals surface area contributed by atoms with E-state index in [-0.39, 0.29) is 5.91 Å². The number of amides is 1. The second-order valence-corrected chi connectivity index (χ2v) is 8.29. The molecule has 5 nitrogen and oxygen atoms in total. The highest BCUT2D eigenvalue weighted by Gasteiger charge is 2.38. The zero-order valence-electron chi connectivity index (χ0n) is 15.6. The second-order valence-electron chi connectivity index (χ2n) is 7.43. The lowest BCUT2D eigenvalue weighted by Gasteiger charge is -2.38. The summed E-state index contributed by atoms with van der Waals surface area (Å²) < 4.78 is 5.65. The van der Waals surface area contributed by atoms with Crippen LogP contribution in [0.3, 0.4) is 0 Å². The molecule has 2 fully saturated rings. The van der Waals surface area contributed by atoms with Gasteiger partial charge in [0.15, 0.2) is 10.8 Å². The summed E-state index contributed by atoms with van der Waals surface area (Å²) in [5.74, 6) is 1.92. The summed E-state index contributed by atoms with van der Waals surface area (Å²) in [4.78, 5) is 22.4. The van der Waals surface area contributed by atoms with Gasteiger partial charge in [0.05, 0.1) is 12.1 Å². The number of nitrogens with zero attached hydrogens (tertiary/aromatic N) is 3. The third kappa shape index (κ3) is 3.86. The molecule has 0 unspecified atom stereocenters. The van der Waals surface area contributed by atoms with E-state index in [1.807, 2.05) is 24.4 Å². The van der Waals surface area contributed by atoms with Crippen LogP contribution in [-0.4, -0.2) is 52.4 Å². The van der Waals surface area contributed by atoms with E-state index >= 15 is 0 Å². The molecule has 26 heavy (non-hydrogen) atoms. The summed E-state index contributed by atoms with van der Waals surface area (Å²) in [7, 11) is 0. The quantitative estimate of drug-likeness (QED) is 0.774. The van der Waals surface area contributed by atoms with Crippen LogP contribution in [0.15, 0.2) is 21.9 Å². The Morgan fingerprint density at radius 1 is 1.27 bits per heavy atom. The first-order valence-corrected chi connectivity index (χ1v) is 10.6. The van der Waals surface area contributed by atoms with E-state index in [1.165, 1.54) is 0 Å². The smallest absolute Gasteiger partial charge is 0.229 e. The highest BCUT2D eigenvalue weighted by Crippen LogP contribution is 2.33. The Kier molecular flexibility index (Phi) is 5.14. The maximum absolute atomic E-state index is 13.0. The molecule has 0 radical (unpaired) electrons. The van der Waals surface area contributed by atoms with Crippen molar-refractivity contribution in [3.63, 3.8) is 0 Å². The molecule has 0 atom stereocenters. The van der Waals surface area contributed by atoms with Crippen LogP contribution in [0.5, 0.6) is 0 Å². The van der Waals surface area contributed by atoms with E-state index in [1.54, 1.807) is 11.3 Å². The van der Waals surface area contributed by atoms with Gasteiger partial charge in [-0.3, -0.25) is 4.79 Å². The summed E-state index contributed by atoms with van der Waals surface area (Å²) in [5, 5.41) is 2.85. The molecule has 1 saturated carbocycles. The second kappa shape index (κ2) is 7.53. The van der Waals surface area contributed by atoms with Crippen LogP contribution in [-0.2, 0) is 11.2 Å². The summed E-state index contributed by atoms with van der Waals surface area (Å²) in [6.07, 6.45) is 4.93. The lowest BCUT2D eigenvalue weighted by Crippen LogP contribution is -2.48. The molecule has 1 aliphatic carbocycles. The fraction of sp³-hybridized carbons (Fsp3) is 0.600. The average molecular weight is 374 g/mol. The van der Waals surface area contributed by atoms with E-state index in [0.717, 1.165) is 67.5 Å². The van der Waals surface area contributed by atoms with E-state index in [9.17, 15) is 4.79 Å². The van der Waals surface area contributed by atoms with Crippen LogP contribution in [0.2, 0.25) is 0 Å². The minimum atomic E-state index is 0.245. The molecule has 0 bridgehead atoms. The summed E-state index contributed by atoms with van der Waals surface area (Å²) in [6, 6.07) is 4.76. The molecule has 6 heteroatoms. The van der Waals surface area contributed by atoms with Crippen LogP contribution in [0.25, 0.3) is 10.8 Å². The highest BCUT2D eigenvalue weighted by molar-refractivity contribution is 7.13. The first-order chi connectivity index (χ1) is 12.6. The van der Waals surface area contributed by atoms with Crippen molar-refractivity contribution in [1.82, 2.24) is 14.8 Å². The number of hydrogen-bond acceptors (Lipinski definition) is 5. The van der Waals surface area contributed by atoms with Crippen molar-refractivity contribution in [2.24, 2.45) is 0 Å². The Labute approximate surface area is 159 Å². The fourth-order valence-electron chi connectivity index (χ4n) is 3.87. The molecule has 2 aliphatic rings. The van der Waals surface area contributed by atoms with E-state index in [4.69, 9.17) is 4.42 Å². The van der Waals surface area contributed by atoms with Gasteiger partial charge < -0.3 is 14.2 Å². The molecule has 4 rings (SSSR count). The zero-order chi connectivity index (χ0) is 18.1. The first kappa shape index (κ1) is 17.7. The molecule has 0 N–H and O–H groups in total. The Morgan fingerprint density at radius 2 is 2.00 bits per heavy atom. The van der Waals surface area contributed by atoms with Crippen molar-refractivity contribution in [3.05, 3.63) is 29.0 Å². The first-order valence-electron chi connectivity index (χ1n) is 9.68. The lowest BCUT2D eigenvalue weighted by molar-refractivity contribution is -0.134. The normalized spacial score (nSPS) is 19.0. The van der Waals surface area contributed by atoms with Gasteiger partial charge in [-0.1, -0.05) is 6.92 Å². The van der Waals surface area contributed by atoms with Gasteiger partial charge in [0.25, 0.3) is 0 Å². The van der Waals surface area contributed by atoms with Gasteiger partial charge in [-0.2, -0.15) is 0 Å². The molecule has 0 spiro atoms. The number of aromatic nitrogens is 1. The molecule has 3 heterocycles. The van der Waals surface area contributed by atoms with E-state index < -0.39 is 0 Å². The number of furan rings is 1. The molecule has 2 aromatic heterocycles. The van der Waals surface area contributed by atoms with Crippen molar-refractivity contribution in [3.8, 4) is 10.8 Å². The van der Waals surface area contributed by atoms with Gasteiger partial charge in [-0.15, -0.1) is 11.3 Å². The van der Waals surface area contributed by atoms with Crippen molar-refractivity contribution in [1.29, 1.82) is 0 Å². The molecule has 0 aromatic carbocycles. The number of aryl methyl sites for hydroxylation is 1. The van der Waals surface area contributed by atoms with Crippen LogP contribution in [0.1, 0.15) is 44.1 Å². The fourth-order valence-corrected chi connectivity index (χ4v) is 4.65. The maximum Gasteiger partial charge on any atom is 0.229 e. The minimum Gasteiger partial charge on any atom is -0.459 e. The number of rotatable bonds is 6. The molecule has 1 amide bonds. The van der Waals surface area contributed by atoms with Crippen molar-refractivity contribution >= 4 is 17.2 Å². The Hall–Kier alpha value is -1.66. The van der Waals surface area contributed by atoms with Gasteiger partial charge in [0.1, 0.15) is 5.76 Å². The van der Waals surface area contributed by atoms with Gasteiger partial charge in [0.2, 0.25) is 5.91 Å². The molecule has 140 valence electrons. The minimum absolute atomic E-state index is 0.245. The predicted molar refractivity (Wildman–Crippen MR) is 103 cm³/mol. The Bertz CT molecular complexity index is 757. The summed E-state index contributed by atoms with van der Waals surface area (Å²) in [5.41, 5.74) is 0.862. The van der Waals surface area contributed by atoms with Crippen LogP contribution in [0, 0.1) is 6.92 Å². The molecule has 1 saturated heterocycles. The number of thiazole rings is 1. The maximum atomic E-state index is 13.0. The third-order valence-electron chi connectivity index (χ3n) is 5.46. The van der Waals surface area contributed by atoms with E-state index in [0.29, 0.717) is 18.5 Å². The molecular formula is C20H27N3O2S. The number of piperidine rings is 1. The zero-order valence-corrected chi connectivity index (χ0v) is 16.4. The van der Waals surface area contributed by atoms with Crippen LogP contribution < -0.4 is 0 Å². The number of hydrogen-bond donors (Lipinski definition) is 0. The largest absolute Gasteiger partial charge is 0.459 e. The van der Waals surface area contributed by atoms with Crippen molar-refractivity contribution < 1.29 is 9.21 Å². The third-order valence-corrected chi connectivity index (χ3v) is 6.37. The van der Waals surface area contributed by atoms with Crippen LogP contribution >= 0.6 is 11.3 Å². The number of carbonyl (C=O) groups is 1. The lowest BCUT2D eigenvalue weighted by atomic mass is 10.0. The predicted octanol–water partition coefficient (Wildman–Crippen LogP) is 3.73. The number of carbonyl (C=O) groups excluding carboxylic acids is 1. The molecule has 1 aliphatic heterocycles.